The van der Waals surface area contributed by atoms with E-state index in [2.05, 4.69) is 17.1 Å². The summed E-state index contributed by atoms with van der Waals surface area (Å²) in [6.07, 6.45) is 1.67. The largest absolute Gasteiger partial charge is 0.326 e. The van der Waals surface area contributed by atoms with Crippen molar-refractivity contribution in [3.05, 3.63) is 58.7 Å². The lowest BCUT2D eigenvalue weighted by Gasteiger charge is -2.03. The first-order valence-corrected chi connectivity index (χ1v) is 6.66. The van der Waals surface area contributed by atoms with Crippen molar-refractivity contribution >= 4 is 23.4 Å². The van der Waals surface area contributed by atoms with Crippen molar-refractivity contribution in [2.45, 2.75) is 17.3 Å². The number of pyridine rings is 1. The zero-order valence-corrected chi connectivity index (χ0v) is 10.8. The molecule has 0 atom stereocenters. The van der Waals surface area contributed by atoms with Crippen LogP contribution in [0.3, 0.4) is 0 Å². The Balaban J connectivity index is 1.99. The van der Waals surface area contributed by atoms with E-state index in [1.807, 2.05) is 24.3 Å². The van der Waals surface area contributed by atoms with E-state index in [0.717, 1.165) is 16.3 Å². The molecule has 1 aromatic heterocycles. The van der Waals surface area contributed by atoms with Crippen LogP contribution in [-0.2, 0) is 12.3 Å². The summed E-state index contributed by atoms with van der Waals surface area (Å²) in [5.41, 5.74) is 8.03. The molecular formula is C13H13ClN2S. The van der Waals surface area contributed by atoms with Gasteiger partial charge in [-0.1, -0.05) is 35.9 Å². The molecule has 2 nitrogen and oxygen atoms in total. The molecule has 0 radical (unpaired) electrons. The van der Waals surface area contributed by atoms with Gasteiger partial charge in [0.15, 0.2) is 0 Å². The normalized spacial score (nSPS) is 10.5. The zero-order chi connectivity index (χ0) is 12.1. The van der Waals surface area contributed by atoms with Gasteiger partial charge in [-0.3, -0.25) is 0 Å². The van der Waals surface area contributed by atoms with Gasteiger partial charge in [-0.2, -0.15) is 0 Å². The molecule has 0 unspecified atom stereocenters. The highest BCUT2D eigenvalue weighted by molar-refractivity contribution is 7.98. The lowest BCUT2D eigenvalue weighted by atomic mass is 10.1. The number of halogens is 1. The first kappa shape index (κ1) is 12.4. The average Bonchev–Trinajstić information content (AvgIpc) is 2.38. The third-order valence-electron chi connectivity index (χ3n) is 2.31. The van der Waals surface area contributed by atoms with Gasteiger partial charge in [0.05, 0.1) is 10.0 Å². The van der Waals surface area contributed by atoms with Gasteiger partial charge in [0, 0.05) is 18.5 Å². The molecule has 0 spiro atoms. The maximum absolute atomic E-state index is 5.78. The molecule has 0 saturated heterocycles. The SMILES string of the molecule is NCc1cccc(CSc2ccc(Cl)cn2)c1. The summed E-state index contributed by atoms with van der Waals surface area (Å²) in [5.74, 6) is 0.891. The van der Waals surface area contributed by atoms with E-state index in [1.54, 1.807) is 18.0 Å². The number of hydrogen-bond donors (Lipinski definition) is 1. The van der Waals surface area contributed by atoms with Gasteiger partial charge in [-0.05, 0) is 23.3 Å². The van der Waals surface area contributed by atoms with Crippen LogP contribution in [0.1, 0.15) is 11.1 Å². The molecule has 0 aliphatic heterocycles. The molecule has 2 aromatic rings. The number of benzene rings is 1. The van der Waals surface area contributed by atoms with Gasteiger partial charge in [0.1, 0.15) is 0 Å². The molecule has 2 N–H and O–H groups in total. The van der Waals surface area contributed by atoms with Crippen LogP contribution in [0.4, 0.5) is 0 Å². The monoisotopic (exact) mass is 264 g/mol. The van der Waals surface area contributed by atoms with Gasteiger partial charge in [-0.15, -0.1) is 11.8 Å². The van der Waals surface area contributed by atoms with Crippen molar-refractivity contribution in [3.8, 4) is 0 Å². The summed E-state index contributed by atoms with van der Waals surface area (Å²) in [4.78, 5) is 4.24. The van der Waals surface area contributed by atoms with Crippen LogP contribution in [0.25, 0.3) is 0 Å². The van der Waals surface area contributed by atoms with Crippen LogP contribution in [0.2, 0.25) is 5.02 Å². The molecule has 2 rings (SSSR count). The second-order valence-electron chi connectivity index (χ2n) is 3.63. The van der Waals surface area contributed by atoms with Gasteiger partial charge >= 0.3 is 0 Å². The van der Waals surface area contributed by atoms with E-state index < -0.39 is 0 Å². The van der Waals surface area contributed by atoms with Gasteiger partial charge in [-0.25, -0.2) is 4.98 Å². The van der Waals surface area contributed by atoms with Gasteiger partial charge in [0.2, 0.25) is 0 Å². The smallest absolute Gasteiger partial charge is 0.0964 e. The Morgan fingerprint density at radius 1 is 1.18 bits per heavy atom. The van der Waals surface area contributed by atoms with Crippen LogP contribution in [0, 0.1) is 0 Å². The van der Waals surface area contributed by atoms with Crippen molar-refractivity contribution in [1.29, 1.82) is 0 Å². The van der Waals surface area contributed by atoms with Crippen molar-refractivity contribution in [2.24, 2.45) is 5.73 Å². The highest BCUT2D eigenvalue weighted by atomic mass is 35.5. The van der Waals surface area contributed by atoms with E-state index >= 15 is 0 Å². The Labute approximate surface area is 110 Å². The maximum atomic E-state index is 5.78. The topological polar surface area (TPSA) is 38.9 Å². The molecule has 1 heterocycles. The Morgan fingerprint density at radius 3 is 2.71 bits per heavy atom. The van der Waals surface area contributed by atoms with Crippen molar-refractivity contribution in [1.82, 2.24) is 4.98 Å². The molecule has 0 aliphatic rings. The van der Waals surface area contributed by atoms with Crippen molar-refractivity contribution in [3.63, 3.8) is 0 Å². The quantitative estimate of drug-likeness (QED) is 0.860. The van der Waals surface area contributed by atoms with E-state index in [9.17, 15) is 0 Å². The molecule has 0 bridgehead atoms. The number of aromatic nitrogens is 1. The highest BCUT2D eigenvalue weighted by Gasteiger charge is 1.99. The summed E-state index contributed by atoms with van der Waals surface area (Å²) < 4.78 is 0. The lowest BCUT2D eigenvalue weighted by Crippen LogP contribution is -1.96. The maximum Gasteiger partial charge on any atom is 0.0964 e. The predicted molar refractivity (Wildman–Crippen MR) is 73.1 cm³/mol. The van der Waals surface area contributed by atoms with E-state index in [0.29, 0.717) is 11.6 Å². The van der Waals surface area contributed by atoms with Crippen LogP contribution in [0.15, 0.2) is 47.6 Å². The Bertz CT molecular complexity index is 485. The second-order valence-corrected chi connectivity index (χ2v) is 5.06. The summed E-state index contributed by atoms with van der Waals surface area (Å²) in [5, 5.41) is 1.65. The molecule has 0 saturated carbocycles. The van der Waals surface area contributed by atoms with Crippen LogP contribution < -0.4 is 5.73 Å². The summed E-state index contributed by atoms with van der Waals surface area (Å²) in [6.45, 7) is 0.581. The van der Waals surface area contributed by atoms with Crippen LogP contribution in [0.5, 0.6) is 0 Å². The zero-order valence-electron chi connectivity index (χ0n) is 9.27. The summed E-state index contributed by atoms with van der Waals surface area (Å²) in [7, 11) is 0. The summed E-state index contributed by atoms with van der Waals surface area (Å²) in [6, 6.07) is 12.1. The Morgan fingerprint density at radius 2 is 2.00 bits per heavy atom. The Kier molecular flexibility index (Phi) is 4.42. The number of hydrogen-bond acceptors (Lipinski definition) is 3. The van der Waals surface area contributed by atoms with Crippen LogP contribution >= 0.6 is 23.4 Å². The molecule has 4 heteroatoms. The van der Waals surface area contributed by atoms with Gasteiger partial charge in [0.25, 0.3) is 0 Å². The van der Waals surface area contributed by atoms with E-state index in [4.69, 9.17) is 17.3 Å². The average molecular weight is 265 g/mol. The van der Waals surface area contributed by atoms with Crippen molar-refractivity contribution < 1.29 is 0 Å². The van der Waals surface area contributed by atoms with Gasteiger partial charge < -0.3 is 5.73 Å². The summed E-state index contributed by atoms with van der Waals surface area (Å²) >= 11 is 7.47. The van der Waals surface area contributed by atoms with E-state index in [-0.39, 0.29) is 0 Å². The molecule has 0 aliphatic carbocycles. The third-order valence-corrected chi connectivity index (χ3v) is 3.55. The van der Waals surface area contributed by atoms with Crippen molar-refractivity contribution in [2.75, 3.05) is 0 Å². The minimum absolute atomic E-state index is 0.581. The second kappa shape index (κ2) is 6.05. The molecule has 17 heavy (non-hydrogen) atoms. The molecule has 0 amide bonds. The van der Waals surface area contributed by atoms with Crippen LogP contribution in [-0.4, -0.2) is 4.98 Å². The molecule has 1 aromatic carbocycles. The number of rotatable bonds is 4. The van der Waals surface area contributed by atoms with E-state index in [1.165, 1.54) is 5.56 Å². The standard InChI is InChI=1S/C13H13ClN2S/c14-12-4-5-13(16-8-12)17-9-11-3-1-2-10(6-11)7-15/h1-6,8H,7,9,15H2. The molecular weight excluding hydrogens is 252 g/mol. The minimum atomic E-state index is 0.581. The number of nitrogens with zero attached hydrogens (tertiary/aromatic N) is 1. The first-order chi connectivity index (χ1) is 8.28. The first-order valence-electron chi connectivity index (χ1n) is 5.30. The fourth-order valence-corrected chi connectivity index (χ4v) is 2.35. The lowest BCUT2D eigenvalue weighted by molar-refractivity contribution is 1.06. The Hall–Kier alpha value is -1.03. The fraction of sp³-hybridized carbons (Fsp3) is 0.154. The minimum Gasteiger partial charge on any atom is -0.326 e. The molecule has 0 fully saturated rings. The third kappa shape index (κ3) is 3.73. The number of thioether (sulfide) groups is 1. The number of nitrogens with two attached hydrogens (primary N) is 1. The molecule has 88 valence electrons. The fourth-order valence-electron chi connectivity index (χ4n) is 1.45. The highest BCUT2D eigenvalue weighted by Crippen LogP contribution is 2.22. The predicted octanol–water partition coefficient (Wildman–Crippen LogP) is 3.49.